The van der Waals surface area contributed by atoms with Crippen LogP contribution < -0.4 is 5.32 Å². The second-order valence-electron chi connectivity index (χ2n) is 4.87. The highest BCUT2D eigenvalue weighted by Crippen LogP contribution is 2.07. The fraction of sp³-hybridized carbons (Fsp3) is 0.538. The van der Waals surface area contributed by atoms with Gasteiger partial charge in [-0.1, -0.05) is 13.0 Å². The highest BCUT2D eigenvalue weighted by atomic mass is 16.6. The quantitative estimate of drug-likeness (QED) is 0.877. The molecule has 0 aliphatic carbocycles. The van der Waals surface area contributed by atoms with Gasteiger partial charge in [-0.25, -0.2) is 4.79 Å². The Hall–Kier alpha value is -1.58. The molecule has 1 N–H and O–H groups in total. The second-order valence-corrected chi connectivity index (χ2v) is 4.87. The first kappa shape index (κ1) is 13.5. The Bertz CT molecular complexity index is 366. The van der Waals surface area contributed by atoms with Crippen molar-refractivity contribution < 1.29 is 9.53 Å². The summed E-state index contributed by atoms with van der Waals surface area (Å²) in [5, 5.41) is 2.67. The predicted molar refractivity (Wildman–Crippen MR) is 66.7 cm³/mol. The molecule has 0 saturated heterocycles. The summed E-state index contributed by atoms with van der Waals surface area (Å²) < 4.78 is 5.13. The molecular formula is C13H20N2O2. The summed E-state index contributed by atoms with van der Waals surface area (Å²) in [5.41, 5.74) is 1.54. The van der Waals surface area contributed by atoms with Crippen LogP contribution in [0.25, 0.3) is 0 Å². The molecule has 0 bridgehead atoms. The van der Waals surface area contributed by atoms with E-state index in [1.165, 1.54) is 5.56 Å². The van der Waals surface area contributed by atoms with Gasteiger partial charge < -0.3 is 10.1 Å². The number of amides is 1. The lowest BCUT2D eigenvalue weighted by molar-refractivity contribution is 0.0523. The summed E-state index contributed by atoms with van der Waals surface area (Å²) in [7, 11) is 0. The standard InChI is InChI=1S/C13H20N2O2/c1-5-10-6-7-11(14-8-10)9-15-12(16)17-13(2,3)4/h6-8H,5,9H2,1-4H3,(H,15,16). The topological polar surface area (TPSA) is 51.2 Å². The monoisotopic (exact) mass is 236 g/mol. The van der Waals surface area contributed by atoms with Gasteiger partial charge in [-0.2, -0.15) is 0 Å². The van der Waals surface area contributed by atoms with Gasteiger partial charge in [-0.15, -0.1) is 0 Å². The fourth-order valence-electron chi connectivity index (χ4n) is 1.25. The number of nitrogens with zero attached hydrogens (tertiary/aromatic N) is 1. The van der Waals surface area contributed by atoms with Crippen molar-refractivity contribution in [2.45, 2.75) is 46.3 Å². The van der Waals surface area contributed by atoms with E-state index in [2.05, 4.69) is 17.2 Å². The molecule has 1 amide bonds. The van der Waals surface area contributed by atoms with E-state index in [0.717, 1.165) is 12.1 Å². The van der Waals surface area contributed by atoms with Gasteiger partial charge in [-0.3, -0.25) is 4.98 Å². The summed E-state index contributed by atoms with van der Waals surface area (Å²) in [6.07, 6.45) is 2.37. The summed E-state index contributed by atoms with van der Waals surface area (Å²) >= 11 is 0. The third-order valence-corrected chi connectivity index (χ3v) is 2.11. The van der Waals surface area contributed by atoms with Crippen LogP contribution in [0.4, 0.5) is 4.79 Å². The van der Waals surface area contributed by atoms with Crippen LogP contribution in [0.3, 0.4) is 0 Å². The Labute approximate surface area is 102 Å². The Morgan fingerprint density at radius 2 is 2.12 bits per heavy atom. The van der Waals surface area contributed by atoms with Crippen molar-refractivity contribution in [2.24, 2.45) is 0 Å². The van der Waals surface area contributed by atoms with E-state index >= 15 is 0 Å². The zero-order chi connectivity index (χ0) is 12.9. The van der Waals surface area contributed by atoms with Crippen LogP contribution in [-0.4, -0.2) is 16.7 Å². The second kappa shape index (κ2) is 5.66. The average Bonchev–Trinajstić information content (AvgIpc) is 2.25. The molecule has 17 heavy (non-hydrogen) atoms. The molecule has 0 aromatic carbocycles. The van der Waals surface area contributed by atoms with E-state index in [1.54, 1.807) is 0 Å². The summed E-state index contributed by atoms with van der Waals surface area (Å²) in [4.78, 5) is 15.6. The van der Waals surface area contributed by atoms with E-state index in [-0.39, 0.29) is 0 Å². The third kappa shape index (κ3) is 5.33. The van der Waals surface area contributed by atoms with Gasteiger partial charge in [0.2, 0.25) is 0 Å². The number of ether oxygens (including phenoxy) is 1. The average molecular weight is 236 g/mol. The number of nitrogens with one attached hydrogen (secondary N) is 1. The highest BCUT2D eigenvalue weighted by molar-refractivity contribution is 5.67. The summed E-state index contributed by atoms with van der Waals surface area (Å²) in [6.45, 7) is 7.97. The van der Waals surface area contributed by atoms with Crippen LogP contribution in [0, 0.1) is 0 Å². The molecule has 0 radical (unpaired) electrons. The molecule has 0 spiro atoms. The van der Waals surface area contributed by atoms with Crippen molar-refractivity contribution in [2.75, 3.05) is 0 Å². The van der Waals surface area contributed by atoms with E-state index in [1.807, 2.05) is 39.1 Å². The number of rotatable bonds is 3. The number of carbonyl (C=O) groups is 1. The number of carbonyl (C=O) groups excluding carboxylic acids is 1. The normalized spacial score (nSPS) is 11.1. The van der Waals surface area contributed by atoms with Gasteiger partial charge in [0, 0.05) is 6.20 Å². The molecule has 0 atom stereocenters. The predicted octanol–water partition coefficient (Wildman–Crippen LogP) is 2.67. The van der Waals surface area contributed by atoms with Crippen LogP contribution in [0.1, 0.15) is 39.0 Å². The lowest BCUT2D eigenvalue weighted by atomic mass is 10.2. The van der Waals surface area contributed by atoms with Crippen LogP contribution in [0.5, 0.6) is 0 Å². The Balaban J connectivity index is 2.42. The van der Waals surface area contributed by atoms with Crippen LogP contribution in [-0.2, 0) is 17.7 Å². The van der Waals surface area contributed by atoms with Gasteiger partial charge in [-0.05, 0) is 38.8 Å². The van der Waals surface area contributed by atoms with Crippen molar-refractivity contribution in [1.82, 2.24) is 10.3 Å². The van der Waals surface area contributed by atoms with Crippen LogP contribution in [0.15, 0.2) is 18.3 Å². The molecule has 1 rings (SSSR count). The largest absolute Gasteiger partial charge is 0.444 e. The number of pyridine rings is 1. The molecular weight excluding hydrogens is 216 g/mol. The van der Waals surface area contributed by atoms with Crippen LogP contribution >= 0.6 is 0 Å². The molecule has 0 fully saturated rings. The molecule has 4 nitrogen and oxygen atoms in total. The van der Waals surface area contributed by atoms with Crippen molar-refractivity contribution in [3.63, 3.8) is 0 Å². The molecule has 1 aromatic rings. The number of hydrogen-bond donors (Lipinski definition) is 1. The van der Waals surface area contributed by atoms with Gasteiger partial charge in [0.05, 0.1) is 12.2 Å². The number of aryl methyl sites for hydroxylation is 1. The Kier molecular flexibility index (Phi) is 4.49. The SMILES string of the molecule is CCc1ccc(CNC(=O)OC(C)(C)C)nc1. The summed E-state index contributed by atoms with van der Waals surface area (Å²) in [6, 6.07) is 3.93. The van der Waals surface area contributed by atoms with Crippen molar-refractivity contribution in [3.8, 4) is 0 Å². The third-order valence-electron chi connectivity index (χ3n) is 2.11. The maximum Gasteiger partial charge on any atom is 0.407 e. The van der Waals surface area contributed by atoms with E-state index in [4.69, 9.17) is 4.74 Å². The minimum Gasteiger partial charge on any atom is -0.444 e. The minimum absolute atomic E-state index is 0.388. The lowest BCUT2D eigenvalue weighted by Crippen LogP contribution is -2.32. The van der Waals surface area contributed by atoms with Gasteiger partial charge in [0.25, 0.3) is 0 Å². The molecule has 94 valence electrons. The first-order chi connectivity index (χ1) is 7.90. The van der Waals surface area contributed by atoms with Gasteiger partial charge in [0.1, 0.15) is 5.60 Å². The number of hydrogen-bond acceptors (Lipinski definition) is 3. The minimum atomic E-state index is -0.469. The first-order valence-corrected chi connectivity index (χ1v) is 5.81. The molecule has 4 heteroatoms. The smallest absolute Gasteiger partial charge is 0.407 e. The zero-order valence-electron chi connectivity index (χ0n) is 10.9. The number of aromatic nitrogens is 1. The fourth-order valence-corrected chi connectivity index (χ4v) is 1.25. The molecule has 0 unspecified atom stereocenters. The van der Waals surface area contributed by atoms with Crippen molar-refractivity contribution >= 4 is 6.09 Å². The Morgan fingerprint density at radius 3 is 2.59 bits per heavy atom. The van der Waals surface area contributed by atoms with Gasteiger partial charge in [0.15, 0.2) is 0 Å². The van der Waals surface area contributed by atoms with E-state index in [0.29, 0.717) is 6.54 Å². The van der Waals surface area contributed by atoms with E-state index in [9.17, 15) is 4.79 Å². The van der Waals surface area contributed by atoms with Crippen molar-refractivity contribution in [1.29, 1.82) is 0 Å². The molecule has 1 heterocycles. The zero-order valence-corrected chi connectivity index (χ0v) is 10.9. The lowest BCUT2D eigenvalue weighted by Gasteiger charge is -2.19. The maximum absolute atomic E-state index is 11.4. The number of alkyl carbamates (subject to hydrolysis) is 1. The maximum atomic E-state index is 11.4. The van der Waals surface area contributed by atoms with Crippen molar-refractivity contribution in [3.05, 3.63) is 29.6 Å². The molecule has 0 aliphatic heterocycles. The Morgan fingerprint density at radius 1 is 1.41 bits per heavy atom. The molecule has 0 aliphatic rings. The first-order valence-electron chi connectivity index (χ1n) is 5.81. The van der Waals surface area contributed by atoms with Gasteiger partial charge >= 0.3 is 6.09 Å². The van der Waals surface area contributed by atoms with E-state index < -0.39 is 11.7 Å². The molecule has 1 aromatic heterocycles. The summed E-state index contributed by atoms with van der Waals surface area (Å²) in [5.74, 6) is 0. The highest BCUT2D eigenvalue weighted by Gasteiger charge is 2.15. The van der Waals surface area contributed by atoms with Crippen LogP contribution in [0.2, 0.25) is 0 Å². The molecule has 0 saturated carbocycles.